The van der Waals surface area contributed by atoms with E-state index in [2.05, 4.69) is 15.6 Å². The summed E-state index contributed by atoms with van der Waals surface area (Å²) in [6.45, 7) is 0.520. The predicted octanol–water partition coefficient (Wildman–Crippen LogP) is 3.59. The molecule has 0 bridgehead atoms. The molecule has 1 aromatic carbocycles. The Kier molecular flexibility index (Phi) is 3.62. The third-order valence-electron chi connectivity index (χ3n) is 2.66. The number of aromatic nitrogens is 3. The first-order valence-corrected chi connectivity index (χ1v) is 6.60. The lowest BCUT2D eigenvalue weighted by Crippen LogP contribution is -2.11. The number of nitrogens with one attached hydrogen (secondary N) is 1. The summed E-state index contributed by atoms with van der Waals surface area (Å²) in [6, 6.07) is 9.07. The summed E-state index contributed by atoms with van der Waals surface area (Å²) in [4.78, 5) is 0. The molecular formula is C13H10Cl2N4O. The molecule has 1 N–H and O–H groups in total. The first-order chi connectivity index (χ1) is 9.70. The number of furan rings is 1. The third kappa shape index (κ3) is 2.95. The lowest BCUT2D eigenvalue weighted by Gasteiger charge is -2.03. The van der Waals surface area contributed by atoms with E-state index < -0.39 is 0 Å². The van der Waals surface area contributed by atoms with Crippen molar-refractivity contribution in [2.45, 2.75) is 6.54 Å². The molecule has 0 aliphatic rings. The molecule has 102 valence electrons. The smallest absolute Gasteiger partial charge is 0.138 e. The van der Waals surface area contributed by atoms with Crippen LogP contribution in [0.4, 0.5) is 0 Å². The number of benzene rings is 1. The minimum atomic E-state index is 0.520. The number of halogens is 2. The zero-order valence-corrected chi connectivity index (χ0v) is 11.8. The molecule has 3 rings (SSSR count). The van der Waals surface area contributed by atoms with Crippen molar-refractivity contribution in [1.29, 1.82) is 0 Å². The minimum Gasteiger partial charge on any atom is -0.459 e. The Morgan fingerprint density at radius 1 is 1.05 bits per heavy atom. The Labute approximate surface area is 125 Å². The van der Waals surface area contributed by atoms with Gasteiger partial charge < -0.3 is 9.84 Å². The zero-order valence-electron chi connectivity index (χ0n) is 10.3. The van der Waals surface area contributed by atoms with E-state index in [1.54, 1.807) is 23.4 Å². The first-order valence-electron chi connectivity index (χ1n) is 5.84. The van der Waals surface area contributed by atoms with E-state index in [0.717, 1.165) is 17.1 Å². The maximum atomic E-state index is 5.98. The second-order valence-electron chi connectivity index (χ2n) is 4.13. The Morgan fingerprint density at radius 3 is 2.45 bits per heavy atom. The van der Waals surface area contributed by atoms with Gasteiger partial charge in [-0.15, -0.1) is 10.2 Å². The molecule has 0 spiro atoms. The average molecular weight is 309 g/mol. The fraction of sp³-hybridized carbons (Fsp3) is 0.0769. The van der Waals surface area contributed by atoms with Crippen molar-refractivity contribution in [2.24, 2.45) is 0 Å². The van der Waals surface area contributed by atoms with Crippen molar-refractivity contribution in [3.8, 4) is 11.3 Å². The molecule has 3 aromatic rings. The van der Waals surface area contributed by atoms with E-state index >= 15 is 0 Å². The van der Waals surface area contributed by atoms with E-state index in [0.29, 0.717) is 16.6 Å². The highest BCUT2D eigenvalue weighted by Gasteiger charge is 2.07. The second-order valence-corrected chi connectivity index (χ2v) is 5.00. The van der Waals surface area contributed by atoms with Crippen LogP contribution in [0.5, 0.6) is 0 Å². The SMILES string of the molecule is Clc1cc(Cl)cc(-c2ccc(CNn3cnnc3)o2)c1. The number of hydrogen-bond donors (Lipinski definition) is 1. The normalized spacial score (nSPS) is 10.7. The fourth-order valence-corrected chi connectivity index (χ4v) is 2.30. The number of nitrogens with zero attached hydrogens (tertiary/aromatic N) is 3. The van der Waals surface area contributed by atoms with E-state index in [9.17, 15) is 0 Å². The van der Waals surface area contributed by atoms with Gasteiger partial charge in [0.25, 0.3) is 0 Å². The van der Waals surface area contributed by atoms with Crippen LogP contribution in [0.15, 0.2) is 47.4 Å². The van der Waals surface area contributed by atoms with Gasteiger partial charge in [-0.05, 0) is 30.3 Å². The van der Waals surface area contributed by atoms with E-state index in [1.165, 1.54) is 0 Å². The summed E-state index contributed by atoms with van der Waals surface area (Å²) in [5.74, 6) is 1.50. The molecule has 0 saturated heterocycles. The molecule has 2 heterocycles. The van der Waals surface area contributed by atoms with Crippen LogP contribution in [0.2, 0.25) is 10.0 Å². The van der Waals surface area contributed by atoms with Crippen molar-refractivity contribution < 1.29 is 4.42 Å². The molecule has 0 amide bonds. The van der Waals surface area contributed by atoms with Crippen LogP contribution in [-0.4, -0.2) is 14.9 Å². The van der Waals surface area contributed by atoms with Gasteiger partial charge in [-0.2, -0.15) is 0 Å². The van der Waals surface area contributed by atoms with Crippen LogP contribution in [0.1, 0.15) is 5.76 Å². The van der Waals surface area contributed by atoms with Crippen LogP contribution in [0, 0.1) is 0 Å². The second kappa shape index (κ2) is 5.56. The zero-order chi connectivity index (χ0) is 13.9. The van der Waals surface area contributed by atoms with Crippen LogP contribution in [0.3, 0.4) is 0 Å². The highest BCUT2D eigenvalue weighted by atomic mass is 35.5. The standard InChI is InChI=1S/C13H10Cl2N4O/c14-10-3-9(4-11(15)5-10)13-2-1-12(20-13)6-18-19-7-16-17-8-19/h1-5,7-8,18H,6H2. The molecule has 5 nitrogen and oxygen atoms in total. The van der Waals surface area contributed by atoms with Gasteiger partial charge in [0.05, 0.1) is 6.54 Å². The molecule has 0 aliphatic heterocycles. The minimum absolute atomic E-state index is 0.520. The molecule has 2 aromatic heterocycles. The Bertz CT molecular complexity index is 689. The van der Waals surface area contributed by atoms with Crippen molar-refractivity contribution in [3.63, 3.8) is 0 Å². The summed E-state index contributed by atoms with van der Waals surface area (Å²) in [6.07, 6.45) is 3.14. The van der Waals surface area contributed by atoms with Crippen molar-refractivity contribution >= 4 is 23.2 Å². The fourth-order valence-electron chi connectivity index (χ4n) is 1.78. The van der Waals surface area contributed by atoms with Crippen LogP contribution < -0.4 is 5.43 Å². The number of hydrogen-bond acceptors (Lipinski definition) is 4. The lowest BCUT2D eigenvalue weighted by molar-refractivity contribution is 0.523. The van der Waals surface area contributed by atoms with Gasteiger partial charge in [0.15, 0.2) is 0 Å². The van der Waals surface area contributed by atoms with E-state index in [1.807, 2.05) is 24.3 Å². The van der Waals surface area contributed by atoms with Crippen LogP contribution in [-0.2, 0) is 6.54 Å². The molecule has 0 unspecified atom stereocenters. The maximum Gasteiger partial charge on any atom is 0.138 e. The first kappa shape index (κ1) is 13.0. The van der Waals surface area contributed by atoms with Gasteiger partial charge in [-0.1, -0.05) is 23.2 Å². The molecular weight excluding hydrogens is 299 g/mol. The Balaban J connectivity index is 1.76. The van der Waals surface area contributed by atoms with Crippen LogP contribution >= 0.6 is 23.2 Å². The summed E-state index contributed by atoms with van der Waals surface area (Å²) in [5, 5.41) is 8.55. The average Bonchev–Trinajstić information content (AvgIpc) is 3.07. The van der Waals surface area contributed by atoms with Gasteiger partial charge >= 0.3 is 0 Å². The topological polar surface area (TPSA) is 55.9 Å². The molecule has 0 radical (unpaired) electrons. The highest BCUT2D eigenvalue weighted by Crippen LogP contribution is 2.28. The van der Waals surface area contributed by atoms with Gasteiger partial charge in [0, 0.05) is 15.6 Å². The van der Waals surface area contributed by atoms with Gasteiger partial charge in [0.2, 0.25) is 0 Å². The summed E-state index contributed by atoms with van der Waals surface area (Å²) < 4.78 is 7.40. The highest BCUT2D eigenvalue weighted by molar-refractivity contribution is 6.35. The molecule has 0 atom stereocenters. The lowest BCUT2D eigenvalue weighted by atomic mass is 10.2. The maximum absolute atomic E-state index is 5.98. The molecule has 0 aliphatic carbocycles. The quantitative estimate of drug-likeness (QED) is 0.800. The van der Waals surface area contributed by atoms with Crippen molar-refractivity contribution in [3.05, 3.63) is 58.8 Å². The van der Waals surface area contributed by atoms with Gasteiger partial charge in [-0.25, -0.2) is 4.68 Å². The summed E-state index contributed by atoms with van der Waals surface area (Å²) in [7, 11) is 0. The van der Waals surface area contributed by atoms with E-state index in [-0.39, 0.29) is 0 Å². The monoisotopic (exact) mass is 308 g/mol. The Morgan fingerprint density at radius 2 is 1.75 bits per heavy atom. The van der Waals surface area contributed by atoms with Crippen molar-refractivity contribution in [1.82, 2.24) is 14.9 Å². The molecule has 0 saturated carbocycles. The molecule has 0 fully saturated rings. The van der Waals surface area contributed by atoms with Gasteiger partial charge in [-0.3, -0.25) is 0 Å². The number of rotatable bonds is 4. The van der Waals surface area contributed by atoms with Gasteiger partial charge in [0.1, 0.15) is 24.2 Å². The Hall–Kier alpha value is -1.98. The van der Waals surface area contributed by atoms with Crippen molar-refractivity contribution in [2.75, 3.05) is 5.43 Å². The van der Waals surface area contributed by atoms with Crippen LogP contribution in [0.25, 0.3) is 11.3 Å². The molecule has 7 heteroatoms. The largest absolute Gasteiger partial charge is 0.459 e. The van der Waals surface area contributed by atoms with E-state index in [4.69, 9.17) is 27.6 Å². The summed E-state index contributed by atoms with van der Waals surface area (Å²) in [5.41, 5.74) is 3.92. The third-order valence-corrected chi connectivity index (χ3v) is 3.10. The predicted molar refractivity (Wildman–Crippen MR) is 77.3 cm³/mol. The molecule has 20 heavy (non-hydrogen) atoms. The summed E-state index contributed by atoms with van der Waals surface area (Å²) >= 11 is 12.0.